The highest BCUT2D eigenvalue weighted by Crippen LogP contribution is 2.29. The van der Waals surface area contributed by atoms with Crippen LogP contribution in [0.1, 0.15) is 15.9 Å². The van der Waals surface area contributed by atoms with Crippen LogP contribution in [0.15, 0.2) is 72.8 Å². The molecule has 0 aliphatic carbocycles. The zero-order chi connectivity index (χ0) is 19.5. The van der Waals surface area contributed by atoms with Crippen molar-refractivity contribution in [1.29, 1.82) is 0 Å². The highest BCUT2D eigenvalue weighted by atomic mass is 16.5. The average Bonchev–Trinajstić information content (AvgIpc) is 3.22. The van der Waals surface area contributed by atoms with Crippen molar-refractivity contribution in [3.05, 3.63) is 83.9 Å². The fraction of sp³-hybridized carbons (Fsp3) is 0.125. The number of carboxylic acid groups (broad SMARTS) is 1. The molecule has 0 fully saturated rings. The SMILES string of the molecule is COCCc1cccc2ccc(-c3ccc(-c4ccc(C(=O)O)cc4)[nH]3)cc12. The Bertz CT molecular complexity index is 1130. The number of fused-ring (bicyclic) bond motifs is 1. The number of carboxylic acids is 1. The van der Waals surface area contributed by atoms with Gasteiger partial charge in [-0.15, -0.1) is 0 Å². The highest BCUT2D eigenvalue weighted by Gasteiger charge is 2.08. The molecule has 0 bridgehead atoms. The predicted octanol–water partition coefficient (Wildman–Crippen LogP) is 5.39. The molecule has 0 saturated carbocycles. The topological polar surface area (TPSA) is 62.3 Å². The summed E-state index contributed by atoms with van der Waals surface area (Å²) in [5.41, 5.74) is 5.62. The lowest BCUT2D eigenvalue weighted by Crippen LogP contribution is -1.95. The first-order valence-electron chi connectivity index (χ1n) is 9.19. The maximum Gasteiger partial charge on any atom is 0.335 e. The number of rotatable bonds is 6. The van der Waals surface area contributed by atoms with Crippen LogP contribution in [-0.4, -0.2) is 29.8 Å². The van der Waals surface area contributed by atoms with E-state index in [9.17, 15) is 4.79 Å². The van der Waals surface area contributed by atoms with E-state index in [2.05, 4.69) is 47.4 Å². The number of benzene rings is 3. The van der Waals surface area contributed by atoms with Gasteiger partial charge in [-0.25, -0.2) is 4.79 Å². The summed E-state index contributed by atoms with van der Waals surface area (Å²) in [6.07, 6.45) is 0.878. The van der Waals surface area contributed by atoms with Gasteiger partial charge in [0.15, 0.2) is 0 Å². The lowest BCUT2D eigenvalue weighted by molar-refractivity contribution is 0.0697. The number of aromatic amines is 1. The Morgan fingerprint density at radius 1 is 0.929 bits per heavy atom. The van der Waals surface area contributed by atoms with Gasteiger partial charge in [0, 0.05) is 18.5 Å². The first-order chi connectivity index (χ1) is 13.7. The molecule has 1 aromatic heterocycles. The van der Waals surface area contributed by atoms with Crippen molar-refractivity contribution in [1.82, 2.24) is 4.98 Å². The Morgan fingerprint density at radius 2 is 1.64 bits per heavy atom. The van der Waals surface area contributed by atoms with Crippen LogP contribution in [0.2, 0.25) is 0 Å². The van der Waals surface area contributed by atoms with Crippen molar-refractivity contribution < 1.29 is 14.6 Å². The standard InChI is InChI=1S/C24H21NO3/c1-28-14-13-17-4-2-3-16-5-10-20(15-21(16)17)23-12-11-22(25-23)18-6-8-19(9-7-18)24(26)27/h2-12,15,25H,13-14H2,1H3,(H,26,27). The van der Waals surface area contributed by atoms with E-state index >= 15 is 0 Å². The molecule has 0 amide bonds. The number of aromatic nitrogens is 1. The van der Waals surface area contributed by atoms with Gasteiger partial charge in [-0.1, -0.05) is 42.5 Å². The summed E-state index contributed by atoms with van der Waals surface area (Å²) in [6.45, 7) is 0.697. The van der Waals surface area contributed by atoms with E-state index in [0.29, 0.717) is 6.61 Å². The van der Waals surface area contributed by atoms with Crippen LogP contribution in [0, 0.1) is 0 Å². The van der Waals surface area contributed by atoms with Gasteiger partial charge < -0.3 is 14.8 Å². The maximum atomic E-state index is 11.0. The molecule has 4 nitrogen and oxygen atoms in total. The molecule has 2 N–H and O–H groups in total. The number of nitrogens with one attached hydrogen (secondary N) is 1. The molecule has 0 saturated heterocycles. The van der Waals surface area contributed by atoms with Crippen molar-refractivity contribution in [2.45, 2.75) is 6.42 Å². The third-order valence-electron chi connectivity index (χ3n) is 4.99. The Kier molecular flexibility index (Phi) is 4.96. The number of hydrogen-bond donors (Lipinski definition) is 2. The summed E-state index contributed by atoms with van der Waals surface area (Å²) in [6, 6.07) is 23.8. The van der Waals surface area contributed by atoms with Crippen molar-refractivity contribution in [2.75, 3.05) is 13.7 Å². The van der Waals surface area contributed by atoms with Crippen molar-refractivity contribution in [3.8, 4) is 22.5 Å². The van der Waals surface area contributed by atoms with Crippen LogP contribution in [0.5, 0.6) is 0 Å². The number of ether oxygens (including phenoxy) is 1. The number of methoxy groups -OCH3 is 1. The van der Waals surface area contributed by atoms with Gasteiger partial charge in [-0.05, 0) is 64.2 Å². The van der Waals surface area contributed by atoms with E-state index in [1.165, 1.54) is 16.3 Å². The van der Waals surface area contributed by atoms with Gasteiger partial charge in [-0.3, -0.25) is 0 Å². The van der Waals surface area contributed by atoms with Gasteiger partial charge in [0.05, 0.1) is 12.2 Å². The maximum absolute atomic E-state index is 11.0. The molecule has 0 atom stereocenters. The Balaban J connectivity index is 1.68. The van der Waals surface area contributed by atoms with E-state index in [4.69, 9.17) is 9.84 Å². The Labute approximate surface area is 163 Å². The summed E-state index contributed by atoms with van der Waals surface area (Å²) in [5, 5.41) is 11.5. The van der Waals surface area contributed by atoms with Crippen molar-refractivity contribution in [2.24, 2.45) is 0 Å². The number of aromatic carboxylic acids is 1. The molecule has 28 heavy (non-hydrogen) atoms. The van der Waals surface area contributed by atoms with Crippen LogP contribution >= 0.6 is 0 Å². The molecule has 3 aromatic carbocycles. The molecule has 4 heteroatoms. The summed E-state index contributed by atoms with van der Waals surface area (Å²) < 4.78 is 5.24. The van der Waals surface area contributed by atoms with Crippen molar-refractivity contribution >= 4 is 16.7 Å². The van der Waals surface area contributed by atoms with Crippen LogP contribution in [0.3, 0.4) is 0 Å². The van der Waals surface area contributed by atoms with Gasteiger partial charge in [0.2, 0.25) is 0 Å². The molecule has 0 unspecified atom stereocenters. The minimum Gasteiger partial charge on any atom is -0.478 e. The number of hydrogen-bond acceptors (Lipinski definition) is 2. The second-order valence-corrected chi connectivity index (χ2v) is 6.76. The number of H-pyrrole nitrogens is 1. The first kappa shape index (κ1) is 18.0. The quantitative estimate of drug-likeness (QED) is 0.478. The van der Waals surface area contributed by atoms with Crippen LogP contribution < -0.4 is 0 Å². The second-order valence-electron chi connectivity index (χ2n) is 6.76. The van der Waals surface area contributed by atoms with E-state index in [0.717, 1.165) is 28.9 Å². The fourth-order valence-electron chi connectivity index (χ4n) is 3.46. The Hall–Kier alpha value is -3.37. The number of carbonyl (C=O) groups is 1. The molecule has 4 aromatic rings. The molecule has 4 rings (SSSR count). The fourth-order valence-corrected chi connectivity index (χ4v) is 3.46. The third kappa shape index (κ3) is 3.55. The second kappa shape index (κ2) is 7.71. The minimum absolute atomic E-state index is 0.286. The van der Waals surface area contributed by atoms with Crippen LogP contribution in [-0.2, 0) is 11.2 Å². The molecule has 0 spiro atoms. The summed E-state index contributed by atoms with van der Waals surface area (Å²) in [4.78, 5) is 14.5. The van der Waals surface area contributed by atoms with Crippen LogP contribution in [0.25, 0.3) is 33.3 Å². The zero-order valence-corrected chi connectivity index (χ0v) is 15.6. The Morgan fingerprint density at radius 3 is 2.36 bits per heavy atom. The van der Waals surface area contributed by atoms with Gasteiger partial charge >= 0.3 is 5.97 Å². The monoisotopic (exact) mass is 371 g/mol. The van der Waals surface area contributed by atoms with E-state index < -0.39 is 5.97 Å². The van der Waals surface area contributed by atoms with Gasteiger partial charge in [-0.2, -0.15) is 0 Å². The van der Waals surface area contributed by atoms with Gasteiger partial charge in [0.1, 0.15) is 0 Å². The molecule has 0 radical (unpaired) electrons. The summed E-state index contributed by atoms with van der Waals surface area (Å²) in [5.74, 6) is -0.917. The molecular formula is C24H21NO3. The van der Waals surface area contributed by atoms with E-state index in [-0.39, 0.29) is 5.56 Å². The third-order valence-corrected chi connectivity index (χ3v) is 4.99. The average molecular weight is 371 g/mol. The molecule has 140 valence electrons. The summed E-state index contributed by atoms with van der Waals surface area (Å²) >= 11 is 0. The largest absolute Gasteiger partial charge is 0.478 e. The predicted molar refractivity (Wildman–Crippen MR) is 112 cm³/mol. The van der Waals surface area contributed by atoms with E-state index in [1.54, 1.807) is 19.2 Å². The minimum atomic E-state index is -0.917. The van der Waals surface area contributed by atoms with Crippen molar-refractivity contribution in [3.63, 3.8) is 0 Å². The highest BCUT2D eigenvalue weighted by molar-refractivity contribution is 5.90. The normalized spacial score (nSPS) is 11.0. The van der Waals surface area contributed by atoms with Gasteiger partial charge in [0.25, 0.3) is 0 Å². The molecule has 1 heterocycles. The smallest absolute Gasteiger partial charge is 0.335 e. The molecular weight excluding hydrogens is 350 g/mol. The van der Waals surface area contributed by atoms with E-state index in [1.807, 2.05) is 18.2 Å². The lowest BCUT2D eigenvalue weighted by Gasteiger charge is -2.08. The molecule has 0 aliphatic rings. The lowest BCUT2D eigenvalue weighted by atomic mass is 9.99. The summed E-state index contributed by atoms with van der Waals surface area (Å²) in [7, 11) is 1.72. The first-order valence-corrected chi connectivity index (χ1v) is 9.19. The zero-order valence-electron chi connectivity index (χ0n) is 15.6. The van der Waals surface area contributed by atoms with Crippen LogP contribution in [0.4, 0.5) is 0 Å². The molecule has 0 aliphatic heterocycles.